The summed E-state index contributed by atoms with van der Waals surface area (Å²) in [6, 6.07) is 1.35. The minimum absolute atomic E-state index is 0.121. The number of hydrogen-bond acceptors (Lipinski definition) is 5. The van der Waals surface area contributed by atoms with E-state index in [1.807, 2.05) is 6.92 Å². The smallest absolute Gasteiger partial charge is 0.273 e. The number of hydrogen-bond donors (Lipinski definition) is 1. The summed E-state index contributed by atoms with van der Waals surface area (Å²) < 4.78 is 26.3. The van der Waals surface area contributed by atoms with Crippen molar-refractivity contribution < 1.29 is 18.8 Å². The van der Waals surface area contributed by atoms with Gasteiger partial charge in [0.15, 0.2) is 0 Å². The second-order valence-electron chi connectivity index (χ2n) is 5.63. The average Bonchev–Trinajstić information content (AvgIpc) is 3.12. The summed E-state index contributed by atoms with van der Waals surface area (Å²) in [7, 11) is 0. The third-order valence-corrected chi connectivity index (χ3v) is 5.27. The van der Waals surface area contributed by atoms with E-state index < -0.39 is 11.8 Å². The zero-order chi connectivity index (χ0) is 16.6. The predicted molar refractivity (Wildman–Crippen MR) is 81.6 cm³/mol. The lowest BCUT2D eigenvalue weighted by molar-refractivity contribution is -0.137. The zero-order valence-corrected chi connectivity index (χ0v) is 13.3. The molecule has 8 heteroatoms. The number of hydroxylamine groups is 2. The number of halogens is 2. The fourth-order valence-corrected chi connectivity index (χ4v) is 3.96. The highest BCUT2D eigenvalue weighted by atomic mass is 32.2. The first-order valence-electron chi connectivity index (χ1n) is 7.37. The van der Waals surface area contributed by atoms with Crippen molar-refractivity contribution in [3.63, 3.8) is 0 Å². The number of aromatic nitrogens is 1. The van der Waals surface area contributed by atoms with Crippen LogP contribution >= 0.6 is 11.8 Å². The Labute approximate surface area is 136 Å². The van der Waals surface area contributed by atoms with Crippen molar-refractivity contribution in [1.29, 1.82) is 0 Å². The molecule has 1 fully saturated rings. The standard InChI is InChI=1S/C15H17F2N3O2S/c1-9-3-2-6-19(9)14(21)12-8-23-15(20(12)22)11-7-18-5-4-10(11)13(16)17/h4-5,7-9,13,15,22H,2-3,6H2,1H3. The van der Waals surface area contributed by atoms with Crippen LogP contribution in [0.15, 0.2) is 29.6 Å². The molecule has 124 valence electrons. The van der Waals surface area contributed by atoms with Crippen LogP contribution in [0.5, 0.6) is 0 Å². The molecular weight excluding hydrogens is 324 g/mol. The van der Waals surface area contributed by atoms with Gasteiger partial charge in [-0.2, -0.15) is 0 Å². The number of likely N-dealkylation sites (tertiary alicyclic amines) is 1. The minimum atomic E-state index is -2.67. The number of carbonyl (C=O) groups excluding carboxylic acids is 1. The molecule has 1 saturated heterocycles. The van der Waals surface area contributed by atoms with Crippen LogP contribution in [0.1, 0.15) is 42.7 Å². The number of carbonyl (C=O) groups is 1. The van der Waals surface area contributed by atoms with Crippen molar-refractivity contribution in [2.45, 2.75) is 37.6 Å². The molecule has 2 aliphatic heterocycles. The van der Waals surface area contributed by atoms with E-state index >= 15 is 0 Å². The Kier molecular flexibility index (Phi) is 4.54. The van der Waals surface area contributed by atoms with Crippen LogP contribution in [0.4, 0.5) is 8.78 Å². The van der Waals surface area contributed by atoms with E-state index in [2.05, 4.69) is 4.98 Å². The zero-order valence-electron chi connectivity index (χ0n) is 12.5. The van der Waals surface area contributed by atoms with Gasteiger partial charge in [-0.15, -0.1) is 0 Å². The van der Waals surface area contributed by atoms with Crippen molar-refractivity contribution in [2.24, 2.45) is 0 Å². The Morgan fingerprint density at radius 3 is 2.96 bits per heavy atom. The summed E-state index contributed by atoms with van der Waals surface area (Å²) in [6.07, 6.45) is 1.79. The Balaban J connectivity index is 1.81. The summed E-state index contributed by atoms with van der Waals surface area (Å²) >= 11 is 1.12. The van der Waals surface area contributed by atoms with Crippen molar-refractivity contribution in [2.75, 3.05) is 6.54 Å². The molecule has 2 unspecified atom stereocenters. The lowest BCUT2D eigenvalue weighted by Crippen LogP contribution is -2.38. The monoisotopic (exact) mass is 341 g/mol. The van der Waals surface area contributed by atoms with E-state index in [4.69, 9.17) is 0 Å². The number of nitrogens with zero attached hydrogens (tertiary/aromatic N) is 3. The van der Waals surface area contributed by atoms with Gasteiger partial charge >= 0.3 is 0 Å². The third-order valence-electron chi connectivity index (χ3n) is 4.20. The maximum atomic E-state index is 13.1. The molecule has 0 saturated carbocycles. The largest absolute Gasteiger partial charge is 0.335 e. The predicted octanol–water partition coefficient (Wildman–Crippen LogP) is 3.31. The van der Waals surface area contributed by atoms with E-state index in [0.717, 1.165) is 29.7 Å². The third kappa shape index (κ3) is 2.92. The summed E-state index contributed by atoms with van der Waals surface area (Å²) in [5.41, 5.74) is 0.148. The highest BCUT2D eigenvalue weighted by Crippen LogP contribution is 2.44. The Bertz CT molecular complexity index is 641. The minimum Gasteiger partial charge on any atom is -0.335 e. The van der Waals surface area contributed by atoms with E-state index in [-0.39, 0.29) is 28.8 Å². The van der Waals surface area contributed by atoms with Gasteiger partial charge in [-0.1, -0.05) is 11.8 Å². The maximum Gasteiger partial charge on any atom is 0.273 e. The van der Waals surface area contributed by atoms with Gasteiger partial charge in [-0.05, 0) is 25.8 Å². The lowest BCUT2D eigenvalue weighted by atomic mass is 10.1. The average molecular weight is 341 g/mol. The first-order chi connectivity index (χ1) is 11.0. The molecule has 1 amide bonds. The van der Waals surface area contributed by atoms with Crippen molar-refractivity contribution in [3.8, 4) is 0 Å². The van der Waals surface area contributed by atoms with E-state index in [1.165, 1.54) is 23.9 Å². The summed E-state index contributed by atoms with van der Waals surface area (Å²) in [4.78, 5) is 18.1. The Hall–Kier alpha value is -1.67. The van der Waals surface area contributed by atoms with E-state index in [1.54, 1.807) is 4.90 Å². The molecule has 1 N–H and O–H groups in total. The Morgan fingerprint density at radius 1 is 1.52 bits per heavy atom. The molecule has 3 heterocycles. The van der Waals surface area contributed by atoms with Crippen LogP contribution in [-0.2, 0) is 4.79 Å². The molecule has 0 aliphatic carbocycles. The van der Waals surface area contributed by atoms with Crippen LogP contribution < -0.4 is 0 Å². The molecule has 1 aromatic heterocycles. The number of amides is 1. The molecule has 0 aromatic carbocycles. The quantitative estimate of drug-likeness (QED) is 0.914. The number of alkyl halides is 2. The molecule has 5 nitrogen and oxygen atoms in total. The number of rotatable bonds is 3. The van der Waals surface area contributed by atoms with Gasteiger partial charge < -0.3 is 4.90 Å². The second-order valence-corrected chi connectivity index (χ2v) is 6.59. The molecule has 2 aliphatic rings. The van der Waals surface area contributed by atoms with E-state index in [0.29, 0.717) is 6.54 Å². The van der Waals surface area contributed by atoms with Crippen molar-refractivity contribution >= 4 is 17.7 Å². The van der Waals surface area contributed by atoms with Crippen LogP contribution in [-0.4, -0.2) is 38.6 Å². The van der Waals surface area contributed by atoms with Gasteiger partial charge in [0.2, 0.25) is 0 Å². The van der Waals surface area contributed by atoms with Crippen LogP contribution in [0.2, 0.25) is 0 Å². The first-order valence-corrected chi connectivity index (χ1v) is 8.31. The summed E-state index contributed by atoms with van der Waals surface area (Å²) in [5.74, 6) is -0.269. The Morgan fingerprint density at radius 2 is 2.30 bits per heavy atom. The topological polar surface area (TPSA) is 56.7 Å². The van der Waals surface area contributed by atoms with Crippen molar-refractivity contribution in [1.82, 2.24) is 14.9 Å². The lowest BCUT2D eigenvalue weighted by Gasteiger charge is -2.27. The molecule has 0 spiro atoms. The second kappa shape index (κ2) is 6.45. The summed E-state index contributed by atoms with van der Waals surface area (Å²) in [5, 5.41) is 11.9. The molecular formula is C15H17F2N3O2S. The van der Waals surface area contributed by atoms with Gasteiger partial charge in [0.25, 0.3) is 12.3 Å². The fourth-order valence-electron chi connectivity index (χ4n) is 2.92. The normalized spacial score (nSPS) is 24.5. The molecule has 0 bridgehead atoms. The molecule has 1 aromatic rings. The van der Waals surface area contributed by atoms with E-state index in [9.17, 15) is 18.8 Å². The molecule has 2 atom stereocenters. The SMILES string of the molecule is CC1CCCN1C(=O)C1=CSC(c2cnccc2C(F)F)N1O. The first kappa shape index (κ1) is 16.2. The van der Waals surface area contributed by atoms with Gasteiger partial charge in [-0.3, -0.25) is 15.0 Å². The van der Waals surface area contributed by atoms with Crippen LogP contribution in [0.3, 0.4) is 0 Å². The fraction of sp³-hybridized carbons (Fsp3) is 0.467. The number of thioether (sulfide) groups is 1. The maximum absolute atomic E-state index is 13.1. The van der Waals surface area contributed by atoms with Crippen LogP contribution in [0, 0.1) is 0 Å². The van der Waals surface area contributed by atoms with Crippen molar-refractivity contribution in [3.05, 3.63) is 40.7 Å². The van der Waals surface area contributed by atoms with Gasteiger partial charge in [0, 0.05) is 41.5 Å². The number of pyridine rings is 1. The van der Waals surface area contributed by atoms with Gasteiger partial charge in [-0.25, -0.2) is 13.8 Å². The molecule has 23 heavy (non-hydrogen) atoms. The highest BCUT2D eigenvalue weighted by Gasteiger charge is 2.37. The van der Waals surface area contributed by atoms with Gasteiger partial charge in [0.1, 0.15) is 11.1 Å². The highest BCUT2D eigenvalue weighted by molar-refractivity contribution is 8.02. The summed E-state index contributed by atoms with van der Waals surface area (Å²) in [6.45, 7) is 2.61. The van der Waals surface area contributed by atoms with Crippen LogP contribution in [0.25, 0.3) is 0 Å². The molecule has 0 radical (unpaired) electrons. The molecule has 3 rings (SSSR count). The van der Waals surface area contributed by atoms with Gasteiger partial charge in [0.05, 0.1) is 0 Å².